The number of aromatic nitrogens is 4. The zero-order chi connectivity index (χ0) is 10.4. The molecule has 0 atom stereocenters. The lowest BCUT2D eigenvalue weighted by molar-refractivity contribution is -0.142. The Balaban J connectivity index is 2.50. The fraction of sp³-hybridized carbons (Fsp3) is 0.571. The van der Waals surface area contributed by atoms with Gasteiger partial charge < -0.3 is 9.53 Å². The predicted octanol–water partition coefficient (Wildman–Crippen LogP) is -1.02. The number of nitrogens with zero attached hydrogens (tertiary/aromatic N) is 4. The van der Waals surface area contributed by atoms with Crippen LogP contribution in [0.1, 0.15) is 12.7 Å². The zero-order valence-corrected chi connectivity index (χ0v) is 7.71. The molecule has 0 aliphatic carbocycles. The summed E-state index contributed by atoms with van der Waals surface area (Å²) in [5, 5.41) is 10.9. The van der Waals surface area contributed by atoms with E-state index in [1.54, 1.807) is 6.92 Å². The van der Waals surface area contributed by atoms with Crippen molar-refractivity contribution in [3.63, 3.8) is 0 Å². The number of hydrogen-bond acceptors (Lipinski definition) is 6. The fourth-order valence-electron chi connectivity index (χ4n) is 0.832. The van der Waals surface area contributed by atoms with E-state index in [1.165, 1.54) is 0 Å². The van der Waals surface area contributed by atoms with Crippen LogP contribution in [0.2, 0.25) is 0 Å². The highest BCUT2D eigenvalue weighted by Crippen LogP contribution is 1.91. The number of aldehydes is 1. The molecule has 0 unspecified atom stereocenters. The second-order valence-corrected chi connectivity index (χ2v) is 2.41. The highest BCUT2D eigenvalue weighted by molar-refractivity contribution is 5.71. The fourth-order valence-corrected chi connectivity index (χ4v) is 0.832. The van der Waals surface area contributed by atoms with Crippen LogP contribution in [-0.2, 0) is 27.3 Å². The molecular formula is C7H10N4O3. The van der Waals surface area contributed by atoms with Gasteiger partial charge in [0.2, 0.25) is 0 Å². The Morgan fingerprint density at radius 2 is 2.43 bits per heavy atom. The first-order valence-corrected chi connectivity index (χ1v) is 4.12. The molecule has 14 heavy (non-hydrogen) atoms. The summed E-state index contributed by atoms with van der Waals surface area (Å²) in [6.07, 6.45) is 0.628. The van der Waals surface area contributed by atoms with E-state index in [0.717, 1.165) is 4.80 Å². The van der Waals surface area contributed by atoms with E-state index in [2.05, 4.69) is 20.1 Å². The van der Waals surface area contributed by atoms with Crippen LogP contribution in [-0.4, -0.2) is 39.1 Å². The normalized spacial score (nSPS) is 9.79. The lowest BCUT2D eigenvalue weighted by Gasteiger charge is -1.96. The summed E-state index contributed by atoms with van der Waals surface area (Å²) in [5.41, 5.74) is 0. The highest BCUT2D eigenvalue weighted by atomic mass is 16.5. The maximum atomic E-state index is 11.0. The van der Waals surface area contributed by atoms with Gasteiger partial charge in [0.1, 0.15) is 19.3 Å². The minimum atomic E-state index is -0.404. The van der Waals surface area contributed by atoms with Gasteiger partial charge in [-0.2, -0.15) is 4.80 Å². The molecule has 7 nitrogen and oxygen atoms in total. The van der Waals surface area contributed by atoms with Gasteiger partial charge in [0.15, 0.2) is 5.82 Å². The number of carbonyl (C=O) groups excluding carboxylic acids is 2. The molecule has 0 saturated carbocycles. The maximum Gasteiger partial charge on any atom is 0.313 e. The van der Waals surface area contributed by atoms with Crippen LogP contribution in [0.5, 0.6) is 0 Å². The summed E-state index contributed by atoms with van der Waals surface area (Å²) in [6.45, 7) is 2.08. The van der Waals surface area contributed by atoms with Crippen molar-refractivity contribution in [2.45, 2.75) is 19.9 Å². The minimum absolute atomic E-state index is 0.0211. The largest absolute Gasteiger partial charge is 0.466 e. The summed E-state index contributed by atoms with van der Waals surface area (Å²) in [6, 6.07) is 0. The van der Waals surface area contributed by atoms with Crippen molar-refractivity contribution in [3.05, 3.63) is 5.82 Å². The van der Waals surface area contributed by atoms with Crippen LogP contribution in [0.25, 0.3) is 0 Å². The molecule has 0 amide bonds. The molecule has 0 fully saturated rings. The van der Waals surface area contributed by atoms with Gasteiger partial charge in [0, 0.05) is 0 Å². The Morgan fingerprint density at radius 1 is 1.64 bits per heavy atom. The average Bonchev–Trinajstić information content (AvgIpc) is 2.53. The summed E-state index contributed by atoms with van der Waals surface area (Å²) >= 11 is 0. The zero-order valence-electron chi connectivity index (χ0n) is 7.71. The number of esters is 1. The molecule has 0 saturated heterocycles. The van der Waals surface area contributed by atoms with Gasteiger partial charge in [-0.25, -0.2) is 0 Å². The van der Waals surface area contributed by atoms with Crippen LogP contribution in [0.15, 0.2) is 0 Å². The molecule has 0 spiro atoms. The molecule has 0 aliphatic rings. The van der Waals surface area contributed by atoms with Gasteiger partial charge in [0.25, 0.3) is 0 Å². The highest BCUT2D eigenvalue weighted by Gasteiger charge is 2.09. The Labute approximate surface area is 80.0 Å². The second-order valence-electron chi connectivity index (χ2n) is 2.41. The molecule has 0 N–H and O–H groups in total. The molecule has 1 heterocycles. The number of hydrogen-bond donors (Lipinski definition) is 0. The minimum Gasteiger partial charge on any atom is -0.466 e. The molecule has 7 heteroatoms. The van der Waals surface area contributed by atoms with Gasteiger partial charge in [-0.05, 0) is 12.1 Å². The second kappa shape index (κ2) is 5.05. The topological polar surface area (TPSA) is 87.0 Å². The number of rotatable bonds is 5. The van der Waals surface area contributed by atoms with Crippen LogP contribution in [0.4, 0.5) is 0 Å². The molecule has 76 valence electrons. The van der Waals surface area contributed by atoms with Gasteiger partial charge in [-0.3, -0.25) is 4.79 Å². The summed E-state index contributed by atoms with van der Waals surface area (Å²) < 4.78 is 4.69. The molecule has 1 aromatic rings. The lowest BCUT2D eigenvalue weighted by atomic mass is 10.4. The third kappa shape index (κ3) is 2.92. The van der Waals surface area contributed by atoms with Crippen LogP contribution >= 0.6 is 0 Å². The van der Waals surface area contributed by atoms with E-state index in [4.69, 9.17) is 0 Å². The molecule has 1 rings (SSSR count). The number of carbonyl (C=O) groups is 2. The molecule has 0 bridgehead atoms. The Kier molecular flexibility index (Phi) is 3.71. The summed E-state index contributed by atoms with van der Waals surface area (Å²) in [7, 11) is 0. The van der Waals surface area contributed by atoms with Crippen molar-refractivity contribution in [3.8, 4) is 0 Å². The smallest absolute Gasteiger partial charge is 0.313 e. The van der Waals surface area contributed by atoms with Crippen LogP contribution in [0.3, 0.4) is 0 Å². The van der Waals surface area contributed by atoms with Crippen LogP contribution < -0.4 is 0 Å². The van der Waals surface area contributed by atoms with E-state index < -0.39 is 5.97 Å². The van der Waals surface area contributed by atoms with Gasteiger partial charge in [-0.15, -0.1) is 10.2 Å². The van der Waals surface area contributed by atoms with Gasteiger partial charge >= 0.3 is 5.97 Å². The van der Waals surface area contributed by atoms with E-state index in [-0.39, 0.29) is 18.8 Å². The van der Waals surface area contributed by atoms with Crippen molar-refractivity contribution < 1.29 is 14.3 Å². The SMILES string of the molecule is CCOC(=O)Cc1nnn(CC=O)n1. The Morgan fingerprint density at radius 3 is 3.07 bits per heavy atom. The third-order valence-corrected chi connectivity index (χ3v) is 1.34. The molecule has 0 aromatic carbocycles. The van der Waals surface area contributed by atoms with Crippen molar-refractivity contribution in [2.24, 2.45) is 0 Å². The summed E-state index contributed by atoms with van der Waals surface area (Å²) in [5.74, 6) is -0.150. The van der Waals surface area contributed by atoms with Gasteiger partial charge in [0.05, 0.1) is 6.61 Å². The van der Waals surface area contributed by atoms with Gasteiger partial charge in [-0.1, -0.05) is 0 Å². The van der Waals surface area contributed by atoms with Crippen molar-refractivity contribution >= 4 is 12.3 Å². The number of ether oxygens (including phenoxy) is 1. The first kappa shape index (κ1) is 10.3. The first-order chi connectivity index (χ1) is 6.76. The van der Waals surface area contributed by atoms with Crippen molar-refractivity contribution in [1.82, 2.24) is 20.2 Å². The lowest BCUT2D eigenvalue weighted by Crippen LogP contribution is -2.09. The van der Waals surface area contributed by atoms with E-state index in [0.29, 0.717) is 12.9 Å². The average molecular weight is 198 g/mol. The maximum absolute atomic E-state index is 11.0. The Hall–Kier alpha value is -1.79. The molecule has 0 radical (unpaired) electrons. The molecule has 0 aliphatic heterocycles. The van der Waals surface area contributed by atoms with E-state index in [1.807, 2.05) is 0 Å². The quantitative estimate of drug-likeness (QED) is 0.444. The van der Waals surface area contributed by atoms with E-state index >= 15 is 0 Å². The first-order valence-electron chi connectivity index (χ1n) is 4.12. The summed E-state index contributed by atoms with van der Waals surface area (Å²) in [4.78, 5) is 22.2. The Bertz CT molecular complexity index is 322. The number of tetrazole rings is 1. The van der Waals surface area contributed by atoms with Crippen molar-refractivity contribution in [1.29, 1.82) is 0 Å². The molecular weight excluding hydrogens is 188 g/mol. The standard InChI is InChI=1S/C7H10N4O3/c1-2-14-7(13)5-6-8-10-11(9-6)3-4-12/h4H,2-3,5H2,1H3. The predicted molar refractivity (Wildman–Crippen MR) is 44.2 cm³/mol. The van der Waals surface area contributed by atoms with E-state index in [9.17, 15) is 9.59 Å². The monoisotopic (exact) mass is 198 g/mol. The molecule has 1 aromatic heterocycles. The van der Waals surface area contributed by atoms with Crippen molar-refractivity contribution in [2.75, 3.05) is 6.61 Å². The van der Waals surface area contributed by atoms with Crippen LogP contribution in [0, 0.1) is 0 Å². The third-order valence-electron chi connectivity index (χ3n) is 1.34.